The molecule has 29 heavy (non-hydrogen) atoms. The Morgan fingerprint density at radius 2 is 1.28 bits per heavy atom. The maximum atomic E-state index is 12.2. The first-order valence-electron chi connectivity index (χ1n) is 10.0. The summed E-state index contributed by atoms with van der Waals surface area (Å²) in [6.07, 6.45) is -1.44. The van der Waals surface area contributed by atoms with E-state index in [0.717, 1.165) is 0 Å². The maximum absolute atomic E-state index is 12.2. The Morgan fingerprint density at radius 3 is 1.59 bits per heavy atom. The number of aliphatic hydroxyl groups is 2. The Kier molecular flexibility index (Phi) is 9.55. The van der Waals surface area contributed by atoms with E-state index >= 15 is 0 Å². The average molecular weight is 411 g/mol. The fourth-order valence-electron chi connectivity index (χ4n) is 2.44. The van der Waals surface area contributed by atoms with Crippen molar-refractivity contribution in [3.8, 4) is 11.5 Å². The summed E-state index contributed by atoms with van der Waals surface area (Å²) in [6.45, 7) is 14.4. The van der Waals surface area contributed by atoms with Gasteiger partial charge in [-0.3, -0.25) is 4.79 Å². The Bertz CT molecular complexity index is 603. The van der Waals surface area contributed by atoms with E-state index < -0.39 is 12.2 Å². The highest BCUT2D eigenvalue weighted by Gasteiger charge is 2.19. The average Bonchev–Trinajstić information content (AvgIpc) is 2.59. The Morgan fingerprint density at radius 1 is 0.897 bits per heavy atom. The van der Waals surface area contributed by atoms with Crippen LogP contribution in [0.3, 0.4) is 0 Å². The largest absolute Gasteiger partial charge is 0.490 e. The minimum absolute atomic E-state index is 0.0466. The molecule has 2 unspecified atom stereocenters. The van der Waals surface area contributed by atoms with E-state index in [4.69, 9.17) is 9.47 Å². The van der Waals surface area contributed by atoms with Gasteiger partial charge in [-0.1, -0.05) is 6.07 Å². The van der Waals surface area contributed by atoms with Crippen LogP contribution in [0.1, 0.15) is 58.8 Å². The maximum Gasteiger partial charge on any atom is 0.167 e. The molecule has 4 N–H and O–H groups in total. The molecule has 7 nitrogen and oxygen atoms in total. The third-order valence-electron chi connectivity index (χ3n) is 3.94. The van der Waals surface area contributed by atoms with Gasteiger partial charge in [0.2, 0.25) is 0 Å². The molecule has 0 saturated heterocycles. The number of ketones is 1. The smallest absolute Gasteiger partial charge is 0.167 e. The minimum Gasteiger partial charge on any atom is -0.490 e. The van der Waals surface area contributed by atoms with E-state index in [1.54, 1.807) is 18.2 Å². The van der Waals surface area contributed by atoms with Gasteiger partial charge >= 0.3 is 0 Å². The Balaban J connectivity index is 2.73. The molecule has 2 atom stereocenters. The zero-order chi connectivity index (χ0) is 22.2. The highest BCUT2D eigenvalue weighted by molar-refractivity contribution is 5.99. The van der Waals surface area contributed by atoms with E-state index in [0.29, 0.717) is 30.2 Å². The van der Waals surface area contributed by atoms with Crippen LogP contribution in [0.4, 0.5) is 0 Å². The van der Waals surface area contributed by atoms with Crippen LogP contribution in [0.25, 0.3) is 0 Å². The van der Waals surface area contributed by atoms with Crippen molar-refractivity contribution >= 4 is 5.78 Å². The molecular formula is C22H38N2O5. The number of carbonyl (C=O) groups excluding carboxylic acids is 1. The van der Waals surface area contributed by atoms with Crippen LogP contribution in [-0.4, -0.2) is 65.6 Å². The van der Waals surface area contributed by atoms with Crippen LogP contribution >= 0.6 is 0 Å². The van der Waals surface area contributed by atoms with Gasteiger partial charge in [-0.05, 0) is 60.6 Å². The molecule has 0 aliphatic rings. The van der Waals surface area contributed by atoms with Crippen molar-refractivity contribution < 1.29 is 24.5 Å². The van der Waals surface area contributed by atoms with E-state index in [-0.39, 0.29) is 30.1 Å². The van der Waals surface area contributed by atoms with Crippen molar-refractivity contribution in [1.82, 2.24) is 10.6 Å². The van der Waals surface area contributed by atoms with Crippen LogP contribution in [-0.2, 0) is 0 Å². The van der Waals surface area contributed by atoms with E-state index in [2.05, 4.69) is 10.6 Å². The van der Waals surface area contributed by atoms with Crippen molar-refractivity contribution in [2.24, 2.45) is 0 Å². The van der Waals surface area contributed by atoms with Crippen molar-refractivity contribution in [2.75, 3.05) is 26.3 Å². The molecule has 1 aromatic carbocycles. The number of hydrogen-bond acceptors (Lipinski definition) is 7. The fraction of sp³-hybridized carbons (Fsp3) is 0.682. The van der Waals surface area contributed by atoms with Gasteiger partial charge in [-0.2, -0.15) is 0 Å². The Hall–Kier alpha value is -1.67. The number of carbonyl (C=O) groups is 1. The zero-order valence-corrected chi connectivity index (χ0v) is 18.8. The van der Waals surface area contributed by atoms with Crippen LogP contribution in [0.15, 0.2) is 18.2 Å². The molecule has 7 heteroatoms. The number of β-amino-alcohol motifs (C(OH)–C–C–N with tert-alkyl or cyclic N) is 2. The van der Waals surface area contributed by atoms with Crippen molar-refractivity contribution in [3.05, 3.63) is 23.8 Å². The van der Waals surface area contributed by atoms with Gasteiger partial charge in [-0.15, -0.1) is 0 Å². The Labute approximate surface area is 174 Å². The summed E-state index contributed by atoms with van der Waals surface area (Å²) < 4.78 is 11.4. The van der Waals surface area contributed by atoms with Gasteiger partial charge in [-0.25, -0.2) is 0 Å². The summed E-state index contributed by atoms with van der Waals surface area (Å²) in [7, 11) is 0. The second-order valence-electron chi connectivity index (χ2n) is 9.38. The topological polar surface area (TPSA) is 100 Å². The zero-order valence-electron chi connectivity index (χ0n) is 18.8. The van der Waals surface area contributed by atoms with Gasteiger partial charge in [0.05, 0.1) is 0 Å². The summed E-state index contributed by atoms with van der Waals surface area (Å²) in [5, 5.41) is 26.7. The molecular weight excluding hydrogens is 372 g/mol. The van der Waals surface area contributed by atoms with Crippen molar-refractivity contribution in [3.63, 3.8) is 0 Å². The molecule has 0 amide bonds. The number of aliphatic hydroxyl groups excluding tert-OH is 2. The molecule has 0 bridgehead atoms. The standard InChI is InChI=1S/C22H38N2O5/c1-15(25)20-18(28-13-16(26)11-23-21(2,3)4)9-8-10-19(20)29-14-17(27)12-24-22(5,6)7/h8-10,16-17,23-24,26-27H,11-14H2,1-7H3. The molecule has 1 rings (SSSR count). The molecule has 1 aromatic rings. The molecule has 0 radical (unpaired) electrons. The van der Waals surface area contributed by atoms with Gasteiger partial charge in [0.15, 0.2) is 5.78 Å². The summed E-state index contributed by atoms with van der Waals surface area (Å²) >= 11 is 0. The van der Waals surface area contributed by atoms with E-state index in [9.17, 15) is 15.0 Å². The molecule has 0 saturated carbocycles. The van der Waals surface area contributed by atoms with Crippen molar-refractivity contribution in [1.29, 1.82) is 0 Å². The SMILES string of the molecule is CC(=O)c1c(OCC(O)CNC(C)(C)C)cccc1OCC(O)CNC(C)(C)C. The van der Waals surface area contributed by atoms with Gasteiger partial charge in [0, 0.05) is 24.2 Å². The van der Waals surface area contributed by atoms with E-state index in [1.807, 2.05) is 41.5 Å². The van der Waals surface area contributed by atoms with E-state index in [1.165, 1.54) is 6.92 Å². The number of hydrogen-bond donors (Lipinski definition) is 4. The number of rotatable bonds is 11. The van der Waals surface area contributed by atoms with Crippen LogP contribution in [0.5, 0.6) is 11.5 Å². The summed E-state index contributed by atoms with van der Waals surface area (Å²) in [6, 6.07) is 5.06. The number of nitrogens with one attached hydrogen (secondary N) is 2. The second kappa shape index (κ2) is 10.9. The first-order chi connectivity index (χ1) is 13.3. The van der Waals surface area contributed by atoms with Gasteiger partial charge in [0.25, 0.3) is 0 Å². The first-order valence-corrected chi connectivity index (χ1v) is 10.0. The molecule has 0 aromatic heterocycles. The predicted molar refractivity (Wildman–Crippen MR) is 115 cm³/mol. The third-order valence-corrected chi connectivity index (χ3v) is 3.94. The molecule has 166 valence electrons. The van der Waals surface area contributed by atoms with Gasteiger partial charge in [0.1, 0.15) is 42.5 Å². The quantitative estimate of drug-likeness (QED) is 0.415. The highest BCUT2D eigenvalue weighted by Crippen LogP contribution is 2.29. The normalized spacial score (nSPS) is 14.4. The van der Waals surface area contributed by atoms with Gasteiger partial charge < -0.3 is 30.3 Å². The van der Waals surface area contributed by atoms with Crippen LogP contribution in [0.2, 0.25) is 0 Å². The molecule has 0 spiro atoms. The first kappa shape index (κ1) is 25.4. The summed E-state index contributed by atoms with van der Waals surface area (Å²) in [4.78, 5) is 12.2. The second-order valence-corrected chi connectivity index (χ2v) is 9.38. The van der Waals surface area contributed by atoms with Crippen LogP contribution < -0.4 is 20.1 Å². The lowest BCUT2D eigenvalue weighted by Gasteiger charge is -2.24. The number of benzene rings is 1. The molecule has 0 aliphatic carbocycles. The lowest BCUT2D eigenvalue weighted by molar-refractivity contribution is 0.0904. The molecule has 0 fully saturated rings. The lowest BCUT2D eigenvalue weighted by atomic mass is 10.1. The third kappa shape index (κ3) is 10.6. The minimum atomic E-state index is -0.719. The summed E-state index contributed by atoms with van der Waals surface area (Å²) in [5.74, 6) is 0.499. The number of Topliss-reactive ketones (excluding diaryl/α,β-unsaturated/α-hetero) is 1. The fourth-order valence-corrected chi connectivity index (χ4v) is 2.44. The predicted octanol–water partition coefficient (Wildman–Crippen LogP) is 2.14. The number of ether oxygens (including phenoxy) is 2. The monoisotopic (exact) mass is 410 g/mol. The van der Waals surface area contributed by atoms with Crippen molar-refractivity contribution in [2.45, 2.75) is 71.8 Å². The lowest BCUT2D eigenvalue weighted by Crippen LogP contribution is -2.42. The highest BCUT2D eigenvalue weighted by atomic mass is 16.5. The molecule has 0 heterocycles. The summed E-state index contributed by atoms with van der Waals surface area (Å²) in [5.41, 5.74) is 0.0867. The molecule has 0 aliphatic heterocycles. The van der Waals surface area contributed by atoms with Crippen LogP contribution in [0, 0.1) is 0 Å².